The molecular formula is C17H11BrClN7O2. The molecule has 1 atom stereocenters. The largest absolute Gasteiger partial charge is 0.429 e. The summed E-state index contributed by atoms with van der Waals surface area (Å²) in [4.78, 5) is 22.2. The van der Waals surface area contributed by atoms with Crippen LogP contribution < -0.4 is 0 Å². The smallest absolute Gasteiger partial charge is 0.411 e. The predicted octanol–water partition coefficient (Wildman–Crippen LogP) is 2.75. The third-order valence-corrected chi connectivity index (χ3v) is 5.46. The van der Waals surface area contributed by atoms with Crippen LogP contribution in [-0.2, 0) is 17.8 Å². The van der Waals surface area contributed by atoms with Crippen molar-refractivity contribution < 1.29 is 9.53 Å². The molecule has 1 saturated heterocycles. The highest BCUT2D eigenvalue weighted by Crippen LogP contribution is 2.34. The van der Waals surface area contributed by atoms with E-state index < -0.39 is 12.2 Å². The van der Waals surface area contributed by atoms with Gasteiger partial charge in [-0.05, 0) is 18.2 Å². The molecule has 1 unspecified atom stereocenters. The van der Waals surface area contributed by atoms with Gasteiger partial charge in [-0.15, -0.1) is 0 Å². The average Bonchev–Trinajstić information content (AvgIpc) is 3.33. The van der Waals surface area contributed by atoms with Gasteiger partial charge in [0.25, 0.3) is 0 Å². The van der Waals surface area contributed by atoms with Gasteiger partial charge < -0.3 is 4.74 Å². The molecule has 0 saturated carbocycles. The standard InChI is InChI=1S/C17H11BrClN7O2/c18-9-1-2-12-11(3-9)16-22-14(7-24-5-10(4-20)28-17(24)27)23-26(16)6-13-15(19)21-8-25(12)13/h1-3,8,10H,5-7H2. The van der Waals surface area contributed by atoms with E-state index in [4.69, 9.17) is 21.6 Å². The summed E-state index contributed by atoms with van der Waals surface area (Å²) < 4.78 is 9.54. The first kappa shape index (κ1) is 17.2. The SMILES string of the molecule is N#CC1CN(Cc2nc3n(n2)Cc2c(Cl)ncn2-c2ccc(Br)cc2-3)C(=O)O1. The van der Waals surface area contributed by atoms with Crippen LogP contribution in [0.4, 0.5) is 4.79 Å². The second-order valence-corrected chi connectivity index (χ2v) is 7.68. The summed E-state index contributed by atoms with van der Waals surface area (Å²) in [7, 11) is 0. The maximum absolute atomic E-state index is 11.9. The molecule has 2 aliphatic heterocycles. The molecule has 0 N–H and O–H groups in total. The molecule has 3 aromatic rings. The number of nitrogens with zero attached hydrogens (tertiary/aromatic N) is 7. The highest BCUT2D eigenvalue weighted by atomic mass is 79.9. The summed E-state index contributed by atoms with van der Waals surface area (Å²) in [6, 6.07) is 7.79. The van der Waals surface area contributed by atoms with Crippen molar-refractivity contribution >= 4 is 33.6 Å². The van der Waals surface area contributed by atoms with E-state index in [1.54, 1.807) is 11.0 Å². The number of ether oxygens (including phenoxy) is 1. The summed E-state index contributed by atoms with van der Waals surface area (Å²) in [5.41, 5.74) is 2.55. The Kier molecular flexibility index (Phi) is 3.89. The number of halogens is 2. The highest BCUT2D eigenvalue weighted by molar-refractivity contribution is 9.10. The summed E-state index contributed by atoms with van der Waals surface area (Å²) in [6.07, 6.45) is 0.374. The predicted molar refractivity (Wildman–Crippen MR) is 101 cm³/mol. The molecule has 2 aromatic heterocycles. The van der Waals surface area contributed by atoms with E-state index in [0.717, 1.165) is 21.4 Å². The van der Waals surface area contributed by atoms with Crippen LogP contribution in [0.3, 0.4) is 0 Å². The molecule has 140 valence electrons. The lowest BCUT2D eigenvalue weighted by molar-refractivity contribution is 0.145. The number of fused-ring (bicyclic) bond motifs is 5. The number of benzene rings is 1. The fraction of sp³-hybridized carbons (Fsp3) is 0.235. The van der Waals surface area contributed by atoms with Crippen molar-refractivity contribution in [1.29, 1.82) is 5.26 Å². The Morgan fingerprint density at radius 3 is 3.07 bits per heavy atom. The Labute approximate surface area is 172 Å². The monoisotopic (exact) mass is 459 g/mol. The van der Waals surface area contributed by atoms with Gasteiger partial charge in [-0.3, -0.25) is 9.47 Å². The van der Waals surface area contributed by atoms with Gasteiger partial charge in [-0.25, -0.2) is 19.4 Å². The number of carbonyl (C=O) groups is 1. The summed E-state index contributed by atoms with van der Waals surface area (Å²) in [6.45, 7) is 0.742. The number of nitriles is 1. The Balaban J connectivity index is 1.58. The minimum atomic E-state index is -0.766. The van der Waals surface area contributed by atoms with Crippen molar-refractivity contribution in [2.45, 2.75) is 19.2 Å². The van der Waals surface area contributed by atoms with Crippen LogP contribution in [0.5, 0.6) is 0 Å². The van der Waals surface area contributed by atoms with E-state index >= 15 is 0 Å². The van der Waals surface area contributed by atoms with Crippen molar-refractivity contribution in [3.05, 3.63) is 45.7 Å². The van der Waals surface area contributed by atoms with E-state index in [1.165, 1.54) is 4.90 Å². The number of cyclic esters (lactones) is 1. The number of carbonyl (C=O) groups excluding carboxylic acids is 1. The minimum absolute atomic E-state index is 0.160. The maximum Gasteiger partial charge on any atom is 0.411 e. The third-order valence-electron chi connectivity index (χ3n) is 4.65. The van der Waals surface area contributed by atoms with Crippen LogP contribution in [0.1, 0.15) is 11.5 Å². The third kappa shape index (κ3) is 2.66. The first-order chi connectivity index (χ1) is 13.5. The van der Waals surface area contributed by atoms with Crippen LogP contribution in [-0.4, -0.2) is 48.0 Å². The number of rotatable bonds is 2. The zero-order valence-electron chi connectivity index (χ0n) is 14.2. The summed E-state index contributed by atoms with van der Waals surface area (Å²) in [5, 5.41) is 13.9. The van der Waals surface area contributed by atoms with Gasteiger partial charge >= 0.3 is 6.09 Å². The molecule has 0 radical (unpaired) electrons. The van der Waals surface area contributed by atoms with Crippen LogP contribution in [0.25, 0.3) is 17.1 Å². The van der Waals surface area contributed by atoms with Crippen LogP contribution >= 0.6 is 27.5 Å². The number of aromatic nitrogens is 5. The van der Waals surface area contributed by atoms with Gasteiger partial charge in [0.05, 0.1) is 31.0 Å². The Morgan fingerprint density at radius 2 is 2.29 bits per heavy atom. The molecule has 1 amide bonds. The lowest BCUT2D eigenvalue weighted by Gasteiger charge is -2.10. The molecule has 1 aromatic carbocycles. The van der Waals surface area contributed by atoms with Gasteiger partial charge in [0.15, 0.2) is 16.8 Å². The first-order valence-corrected chi connectivity index (χ1v) is 9.51. The molecule has 9 nitrogen and oxygen atoms in total. The van der Waals surface area contributed by atoms with Crippen molar-refractivity contribution in [2.75, 3.05) is 6.54 Å². The van der Waals surface area contributed by atoms with E-state index in [2.05, 4.69) is 31.0 Å². The van der Waals surface area contributed by atoms with Gasteiger partial charge in [0.2, 0.25) is 6.10 Å². The molecule has 0 aliphatic carbocycles. The van der Waals surface area contributed by atoms with E-state index in [-0.39, 0.29) is 13.1 Å². The Morgan fingerprint density at radius 1 is 1.43 bits per heavy atom. The van der Waals surface area contributed by atoms with Crippen LogP contribution in [0.15, 0.2) is 29.0 Å². The molecule has 1 fully saturated rings. The maximum atomic E-state index is 11.9. The fourth-order valence-corrected chi connectivity index (χ4v) is 3.94. The Hall–Kier alpha value is -2.90. The Bertz CT molecular complexity index is 1160. The topological polar surface area (TPSA) is 102 Å². The molecular weight excluding hydrogens is 450 g/mol. The number of hydrogen-bond acceptors (Lipinski definition) is 6. The first-order valence-electron chi connectivity index (χ1n) is 8.34. The lowest BCUT2D eigenvalue weighted by Crippen LogP contribution is -2.25. The number of hydrogen-bond donors (Lipinski definition) is 0. The fourth-order valence-electron chi connectivity index (χ4n) is 3.38. The van der Waals surface area contributed by atoms with Crippen molar-refractivity contribution in [3.8, 4) is 23.1 Å². The highest BCUT2D eigenvalue weighted by Gasteiger charge is 2.33. The van der Waals surface area contributed by atoms with Crippen molar-refractivity contribution in [1.82, 2.24) is 29.2 Å². The van der Waals surface area contributed by atoms with E-state index in [1.807, 2.05) is 28.8 Å². The van der Waals surface area contributed by atoms with E-state index in [0.29, 0.717) is 23.3 Å². The van der Waals surface area contributed by atoms with Gasteiger partial charge in [-0.1, -0.05) is 27.5 Å². The molecule has 0 spiro atoms. The van der Waals surface area contributed by atoms with Gasteiger partial charge in [-0.2, -0.15) is 10.4 Å². The number of amides is 1. The summed E-state index contributed by atoms with van der Waals surface area (Å²) >= 11 is 9.79. The van der Waals surface area contributed by atoms with Gasteiger partial charge in [0, 0.05) is 10.0 Å². The van der Waals surface area contributed by atoms with Crippen molar-refractivity contribution in [3.63, 3.8) is 0 Å². The lowest BCUT2D eigenvalue weighted by atomic mass is 10.1. The zero-order chi connectivity index (χ0) is 19.4. The van der Waals surface area contributed by atoms with Crippen molar-refractivity contribution in [2.24, 2.45) is 0 Å². The molecule has 28 heavy (non-hydrogen) atoms. The van der Waals surface area contributed by atoms with E-state index in [9.17, 15) is 4.79 Å². The van der Waals surface area contributed by atoms with Crippen LogP contribution in [0.2, 0.25) is 5.15 Å². The molecule has 0 bridgehead atoms. The quantitative estimate of drug-likeness (QED) is 0.456. The zero-order valence-corrected chi connectivity index (χ0v) is 16.6. The number of imidazole rings is 1. The minimum Gasteiger partial charge on any atom is -0.429 e. The van der Waals surface area contributed by atoms with Crippen LogP contribution in [0, 0.1) is 11.3 Å². The average molecular weight is 461 g/mol. The second-order valence-electron chi connectivity index (χ2n) is 6.40. The normalized spacial score (nSPS) is 17.4. The van der Waals surface area contributed by atoms with Gasteiger partial charge in [0.1, 0.15) is 12.4 Å². The molecule has 5 rings (SSSR count). The summed E-state index contributed by atoms with van der Waals surface area (Å²) in [5.74, 6) is 1.12. The molecule has 2 aliphatic rings. The second kappa shape index (κ2) is 6.32. The molecule has 4 heterocycles. The molecule has 11 heteroatoms.